The molecule has 8 nitrogen and oxygen atoms in total. The molecule has 1 aromatic heterocycles. The summed E-state index contributed by atoms with van der Waals surface area (Å²) < 4.78 is 0.775. The molecule has 0 fully saturated rings. The highest BCUT2D eigenvalue weighted by molar-refractivity contribution is 6.31. The van der Waals surface area contributed by atoms with Gasteiger partial charge in [0.1, 0.15) is 5.78 Å². The lowest BCUT2D eigenvalue weighted by Crippen LogP contribution is -2.46. The smallest absolute Gasteiger partial charge is 0.273 e. The summed E-state index contributed by atoms with van der Waals surface area (Å²) in [5.74, 6) is -0.160. The number of unbranched alkanes of at least 4 members (excludes halogenated alkanes) is 3. The Morgan fingerprint density at radius 2 is 1.66 bits per heavy atom. The molecule has 0 saturated heterocycles. The molecule has 0 unspecified atom stereocenters. The van der Waals surface area contributed by atoms with Gasteiger partial charge in [0.25, 0.3) is 5.91 Å². The van der Waals surface area contributed by atoms with Gasteiger partial charge >= 0.3 is 0 Å². The second-order valence-corrected chi connectivity index (χ2v) is 9.00. The maximum Gasteiger partial charge on any atom is 0.273 e. The quantitative estimate of drug-likeness (QED) is 0.311. The summed E-state index contributed by atoms with van der Waals surface area (Å²) in [5, 5.41) is 2.77. The highest BCUT2D eigenvalue weighted by Crippen LogP contribution is 2.17. The Labute approximate surface area is 194 Å². The zero-order valence-corrected chi connectivity index (χ0v) is 19.7. The first-order valence-corrected chi connectivity index (χ1v) is 11.3. The fraction of sp³-hybridized carbons (Fsp3) is 0.478. The van der Waals surface area contributed by atoms with Crippen LogP contribution in [0.4, 0.5) is 11.6 Å². The van der Waals surface area contributed by atoms with Gasteiger partial charge in [-0.3, -0.25) is 9.59 Å². The number of anilines is 2. The second kappa shape index (κ2) is 12.4. The predicted molar refractivity (Wildman–Crippen MR) is 128 cm³/mol. The molecule has 0 aliphatic carbocycles. The van der Waals surface area contributed by atoms with Crippen molar-refractivity contribution in [1.82, 2.24) is 15.3 Å². The molecule has 0 spiro atoms. The first-order chi connectivity index (χ1) is 15.2. The minimum Gasteiger partial charge on any atom is -0.382 e. The molecule has 1 aromatic carbocycles. The summed E-state index contributed by atoms with van der Waals surface area (Å²) >= 11 is 5.83. The lowest BCUT2D eigenvalue weighted by Gasteiger charge is -2.30. The van der Waals surface area contributed by atoms with Gasteiger partial charge in [0.15, 0.2) is 22.5 Å². The molecular formula is C23H34ClN6O2+. The minimum atomic E-state index is -0.419. The van der Waals surface area contributed by atoms with E-state index in [1.807, 2.05) is 30.3 Å². The van der Waals surface area contributed by atoms with E-state index >= 15 is 0 Å². The summed E-state index contributed by atoms with van der Waals surface area (Å²) in [6.45, 7) is 2.23. The van der Waals surface area contributed by atoms with Crippen molar-refractivity contribution in [2.45, 2.75) is 38.5 Å². The topological polar surface area (TPSA) is 124 Å². The number of ketones is 1. The molecule has 1 amide bonds. The zero-order chi connectivity index (χ0) is 23.6. The van der Waals surface area contributed by atoms with Crippen LogP contribution in [0.5, 0.6) is 0 Å². The largest absolute Gasteiger partial charge is 0.382 e. The molecule has 2 rings (SSSR count). The van der Waals surface area contributed by atoms with Crippen molar-refractivity contribution in [3.05, 3.63) is 46.7 Å². The number of amides is 1. The van der Waals surface area contributed by atoms with Gasteiger partial charge in [-0.1, -0.05) is 48.4 Å². The number of rotatable bonds is 13. The van der Waals surface area contributed by atoms with E-state index in [4.69, 9.17) is 23.1 Å². The second-order valence-electron chi connectivity index (χ2n) is 8.64. The zero-order valence-electron chi connectivity index (χ0n) is 18.9. The van der Waals surface area contributed by atoms with Crippen LogP contribution in [0, 0.1) is 0 Å². The number of nitrogens with one attached hydrogen (secondary N) is 1. The molecule has 1 heterocycles. The Morgan fingerprint density at radius 3 is 2.38 bits per heavy atom. The van der Waals surface area contributed by atoms with Crippen molar-refractivity contribution < 1.29 is 14.1 Å². The molecule has 0 radical (unpaired) electrons. The van der Waals surface area contributed by atoms with E-state index in [2.05, 4.69) is 29.4 Å². The number of nitrogens with zero attached hydrogens (tertiary/aromatic N) is 3. The van der Waals surface area contributed by atoms with Crippen LogP contribution < -0.4 is 16.8 Å². The molecular weight excluding hydrogens is 428 g/mol. The van der Waals surface area contributed by atoms with E-state index in [9.17, 15) is 9.59 Å². The van der Waals surface area contributed by atoms with Gasteiger partial charge < -0.3 is 21.3 Å². The molecule has 32 heavy (non-hydrogen) atoms. The number of carbonyl (C=O) groups is 2. The molecule has 0 bridgehead atoms. The number of likely N-dealkylation sites (N-methyl/N-ethyl adjacent to an activating group) is 1. The van der Waals surface area contributed by atoms with Crippen molar-refractivity contribution in [2.75, 3.05) is 45.2 Å². The van der Waals surface area contributed by atoms with Crippen LogP contribution in [0.1, 0.15) is 48.2 Å². The summed E-state index contributed by atoms with van der Waals surface area (Å²) in [4.78, 5) is 32.1. The van der Waals surface area contributed by atoms with E-state index in [1.165, 1.54) is 0 Å². The minimum absolute atomic E-state index is 0.000854. The third-order valence-corrected chi connectivity index (χ3v) is 5.61. The molecule has 2 aromatic rings. The fourth-order valence-electron chi connectivity index (χ4n) is 3.40. The van der Waals surface area contributed by atoms with Gasteiger partial charge in [0, 0.05) is 12.8 Å². The van der Waals surface area contributed by atoms with Crippen molar-refractivity contribution in [1.29, 1.82) is 0 Å². The van der Waals surface area contributed by atoms with Gasteiger partial charge in [-0.15, -0.1) is 0 Å². The average molecular weight is 462 g/mol. The number of aromatic nitrogens is 2. The first-order valence-electron chi connectivity index (χ1n) is 10.9. The van der Waals surface area contributed by atoms with Crippen molar-refractivity contribution in [3.63, 3.8) is 0 Å². The number of nitrogen functional groups attached to an aromatic ring is 2. The van der Waals surface area contributed by atoms with Crippen molar-refractivity contribution >= 4 is 34.9 Å². The Morgan fingerprint density at radius 1 is 0.969 bits per heavy atom. The van der Waals surface area contributed by atoms with Gasteiger partial charge in [-0.05, 0) is 24.8 Å². The Bertz CT molecular complexity index is 905. The van der Waals surface area contributed by atoms with Crippen LogP contribution in [-0.4, -0.2) is 59.9 Å². The van der Waals surface area contributed by atoms with Gasteiger partial charge in [0.05, 0.1) is 33.7 Å². The monoisotopic (exact) mass is 461 g/mol. The van der Waals surface area contributed by atoms with E-state index < -0.39 is 5.91 Å². The molecule has 0 atom stereocenters. The maximum atomic E-state index is 12.3. The number of nitrogens with two attached hydrogens (primary N) is 2. The summed E-state index contributed by atoms with van der Waals surface area (Å²) in [7, 11) is 4.26. The summed E-state index contributed by atoms with van der Waals surface area (Å²) in [6.07, 6.45) is 5.30. The van der Waals surface area contributed by atoms with Crippen molar-refractivity contribution in [3.8, 4) is 0 Å². The molecule has 0 saturated carbocycles. The van der Waals surface area contributed by atoms with Crippen LogP contribution in [0.3, 0.4) is 0 Å². The number of quaternary nitrogens is 1. The SMILES string of the molecule is C[N+](C)(CCCCCCC(=O)Cc1ccccc1)CCNC(=O)c1nc(Cl)c(N)nc1N. The molecule has 0 aliphatic heterocycles. The summed E-state index contributed by atoms with van der Waals surface area (Å²) in [5.41, 5.74) is 12.3. The van der Waals surface area contributed by atoms with Crippen LogP contribution in [0.15, 0.2) is 30.3 Å². The highest BCUT2D eigenvalue weighted by Gasteiger charge is 2.18. The van der Waals surface area contributed by atoms with E-state index in [0.717, 1.165) is 48.8 Å². The number of halogens is 1. The third-order valence-electron chi connectivity index (χ3n) is 5.34. The normalized spacial score (nSPS) is 11.3. The average Bonchev–Trinajstić information content (AvgIpc) is 2.73. The Hall–Kier alpha value is -2.71. The third kappa shape index (κ3) is 8.80. The number of benzene rings is 1. The molecule has 0 aliphatic rings. The number of Topliss-reactive ketones (excluding diaryl/α,β-unsaturated/α-hetero) is 1. The standard InChI is InChI=1S/C23H33ClN6O2/c1-30(2,15-13-27-23(32)19-21(25)29-22(26)20(24)28-19)14-9-4-3-8-12-18(31)16-17-10-6-5-7-11-17/h5-7,10-11H,3-4,8-9,12-16H2,1-2H3,(H4-,25,26,27,29,32)/p+1. The first kappa shape index (κ1) is 25.5. The Kier molecular flexibility index (Phi) is 9.87. The number of hydrogen-bond donors (Lipinski definition) is 3. The number of hydrogen-bond acceptors (Lipinski definition) is 6. The number of carbonyl (C=O) groups excluding carboxylic acids is 2. The van der Waals surface area contributed by atoms with Crippen LogP contribution in [0.2, 0.25) is 5.15 Å². The van der Waals surface area contributed by atoms with Crippen molar-refractivity contribution in [2.24, 2.45) is 0 Å². The van der Waals surface area contributed by atoms with Crippen LogP contribution in [0.25, 0.3) is 0 Å². The van der Waals surface area contributed by atoms with E-state index in [-0.39, 0.29) is 22.5 Å². The van der Waals surface area contributed by atoms with Crippen LogP contribution >= 0.6 is 11.6 Å². The van der Waals surface area contributed by atoms with Gasteiger partial charge in [-0.2, -0.15) is 0 Å². The Balaban J connectivity index is 1.60. The molecule has 5 N–H and O–H groups in total. The van der Waals surface area contributed by atoms with E-state index in [0.29, 0.717) is 25.2 Å². The molecule has 9 heteroatoms. The highest BCUT2D eigenvalue weighted by atomic mass is 35.5. The maximum absolute atomic E-state index is 12.3. The molecule has 174 valence electrons. The van der Waals surface area contributed by atoms with E-state index in [1.54, 1.807) is 0 Å². The fourth-order valence-corrected chi connectivity index (χ4v) is 3.53. The van der Waals surface area contributed by atoms with Crippen LogP contribution in [-0.2, 0) is 11.2 Å². The van der Waals surface area contributed by atoms with Gasteiger partial charge in [-0.25, -0.2) is 9.97 Å². The lowest BCUT2D eigenvalue weighted by atomic mass is 10.0. The van der Waals surface area contributed by atoms with Gasteiger partial charge in [0.2, 0.25) is 0 Å². The summed E-state index contributed by atoms with van der Waals surface area (Å²) in [6, 6.07) is 9.87. The lowest BCUT2D eigenvalue weighted by molar-refractivity contribution is -0.889. The predicted octanol–water partition coefficient (Wildman–Crippen LogP) is 2.86.